The molecule has 0 unspecified atom stereocenters. The number of thiazole rings is 1. The van der Waals surface area contributed by atoms with E-state index in [0.717, 1.165) is 40.5 Å². The Morgan fingerprint density at radius 1 is 1.56 bits per heavy atom. The second-order valence-corrected chi connectivity index (χ2v) is 5.17. The molecule has 0 saturated heterocycles. The molecule has 0 aliphatic heterocycles. The van der Waals surface area contributed by atoms with E-state index in [1.807, 2.05) is 38.3 Å². The fourth-order valence-corrected chi connectivity index (χ4v) is 2.68. The van der Waals surface area contributed by atoms with Gasteiger partial charge in [0.1, 0.15) is 0 Å². The van der Waals surface area contributed by atoms with Gasteiger partial charge in [-0.25, -0.2) is 4.98 Å². The summed E-state index contributed by atoms with van der Waals surface area (Å²) < 4.78 is 1.78. The molecule has 0 aliphatic rings. The zero-order chi connectivity index (χ0) is 13.1. The van der Waals surface area contributed by atoms with Gasteiger partial charge in [-0.1, -0.05) is 18.3 Å². The second kappa shape index (κ2) is 5.30. The van der Waals surface area contributed by atoms with Crippen LogP contribution >= 0.6 is 11.3 Å². The van der Waals surface area contributed by atoms with Gasteiger partial charge < -0.3 is 4.90 Å². The third-order valence-corrected chi connectivity index (χ3v) is 3.80. The molecule has 0 bridgehead atoms. The van der Waals surface area contributed by atoms with Crippen LogP contribution in [0.15, 0.2) is 12.4 Å². The molecule has 0 aromatic carbocycles. The molecular weight excluding hydrogens is 248 g/mol. The molecule has 18 heavy (non-hydrogen) atoms. The zero-order valence-electron chi connectivity index (χ0n) is 10.8. The Morgan fingerprint density at radius 3 is 2.83 bits per heavy atom. The number of anilines is 1. The second-order valence-electron chi connectivity index (χ2n) is 4.16. The summed E-state index contributed by atoms with van der Waals surface area (Å²) in [6.45, 7) is 2.75. The fraction of sp³-hybridized carbons (Fsp3) is 0.417. The number of aromatic nitrogens is 3. The predicted octanol–water partition coefficient (Wildman–Crippen LogP) is 1.89. The first-order valence-electron chi connectivity index (χ1n) is 5.77. The lowest BCUT2D eigenvalue weighted by Gasteiger charge is -2.13. The molecule has 0 aliphatic carbocycles. The fourth-order valence-electron chi connectivity index (χ4n) is 1.75. The summed E-state index contributed by atoms with van der Waals surface area (Å²) in [5.41, 5.74) is 2.00. The van der Waals surface area contributed by atoms with Crippen molar-refractivity contribution in [3.05, 3.63) is 28.5 Å². The molecule has 96 valence electrons. The topological polar surface area (TPSA) is 51.0 Å². The third kappa shape index (κ3) is 2.59. The van der Waals surface area contributed by atoms with E-state index in [2.05, 4.69) is 10.1 Å². The van der Waals surface area contributed by atoms with Crippen molar-refractivity contribution in [2.24, 2.45) is 7.05 Å². The van der Waals surface area contributed by atoms with Crippen molar-refractivity contribution in [3.63, 3.8) is 0 Å². The van der Waals surface area contributed by atoms with Gasteiger partial charge in [-0.2, -0.15) is 5.10 Å². The normalized spacial score (nSPS) is 10.6. The van der Waals surface area contributed by atoms with Crippen LogP contribution in [0.2, 0.25) is 0 Å². The SMILES string of the molecule is CCc1nc(N(C)Cc2cnn(C)c2)sc1C=O. The molecule has 2 rings (SSSR count). The van der Waals surface area contributed by atoms with E-state index in [0.29, 0.717) is 0 Å². The first-order chi connectivity index (χ1) is 8.63. The highest BCUT2D eigenvalue weighted by Crippen LogP contribution is 2.25. The predicted molar refractivity (Wildman–Crippen MR) is 72.2 cm³/mol. The maximum absolute atomic E-state index is 10.9. The van der Waals surface area contributed by atoms with Gasteiger partial charge in [-0.15, -0.1) is 0 Å². The van der Waals surface area contributed by atoms with Crippen molar-refractivity contribution < 1.29 is 4.79 Å². The molecule has 2 aromatic rings. The number of carbonyl (C=O) groups excluding carboxylic acids is 1. The summed E-state index contributed by atoms with van der Waals surface area (Å²) >= 11 is 1.44. The average molecular weight is 264 g/mol. The van der Waals surface area contributed by atoms with Gasteiger partial charge in [0, 0.05) is 32.4 Å². The van der Waals surface area contributed by atoms with Gasteiger partial charge in [-0.3, -0.25) is 9.48 Å². The molecule has 0 fully saturated rings. The van der Waals surface area contributed by atoms with Gasteiger partial charge in [0.05, 0.1) is 16.8 Å². The number of aryl methyl sites for hydroxylation is 2. The molecular formula is C12H16N4OS. The Kier molecular flexibility index (Phi) is 3.76. The van der Waals surface area contributed by atoms with E-state index in [-0.39, 0.29) is 0 Å². The molecule has 0 N–H and O–H groups in total. The molecule has 5 nitrogen and oxygen atoms in total. The van der Waals surface area contributed by atoms with Gasteiger partial charge >= 0.3 is 0 Å². The van der Waals surface area contributed by atoms with Crippen molar-refractivity contribution in [1.82, 2.24) is 14.8 Å². The lowest BCUT2D eigenvalue weighted by molar-refractivity contribution is 0.112. The lowest BCUT2D eigenvalue weighted by Crippen LogP contribution is -2.15. The lowest BCUT2D eigenvalue weighted by atomic mass is 10.3. The largest absolute Gasteiger partial charge is 0.347 e. The summed E-state index contributed by atoms with van der Waals surface area (Å²) in [5.74, 6) is 0. The zero-order valence-corrected chi connectivity index (χ0v) is 11.6. The number of hydrogen-bond donors (Lipinski definition) is 0. The highest BCUT2D eigenvalue weighted by molar-refractivity contribution is 7.17. The third-order valence-electron chi connectivity index (χ3n) is 2.66. The summed E-state index contributed by atoms with van der Waals surface area (Å²) in [6.07, 6.45) is 5.49. The Bertz CT molecular complexity index is 546. The quantitative estimate of drug-likeness (QED) is 0.774. The maximum atomic E-state index is 10.9. The Hall–Kier alpha value is -1.69. The van der Waals surface area contributed by atoms with Crippen molar-refractivity contribution in [1.29, 1.82) is 0 Å². The number of nitrogens with zero attached hydrogens (tertiary/aromatic N) is 4. The minimum absolute atomic E-state index is 0.727. The van der Waals surface area contributed by atoms with E-state index in [4.69, 9.17) is 0 Å². The molecule has 0 amide bonds. The minimum Gasteiger partial charge on any atom is -0.347 e. The maximum Gasteiger partial charge on any atom is 0.186 e. The highest BCUT2D eigenvalue weighted by Gasteiger charge is 2.13. The first-order valence-corrected chi connectivity index (χ1v) is 6.59. The van der Waals surface area contributed by atoms with Crippen LogP contribution in [0.5, 0.6) is 0 Å². The van der Waals surface area contributed by atoms with Crippen LogP contribution in [-0.2, 0) is 20.0 Å². The van der Waals surface area contributed by atoms with Crippen molar-refractivity contribution in [3.8, 4) is 0 Å². The molecule has 2 heterocycles. The Labute approximate surface area is 110 Å². The molecule has 2 aromatic heterocycles. The van der Waals surface area contributed by atoms with Gasteiger partial charge in [-0.05, 0) is 6.42 Å². The highest BCUT2D eigenvalue weighted by atomic mass is 32.1. The first kappa shape index (κ1) is 12.8. The molecule has 6 heteroatoms. The summed E-state index contributed by atoms with van der Waals surface area (Å²) in [6, 6.07) is 0. The Morgan fingerprint density at radius 2 is 2.33 bits per heavy atom. The smallest absolute Gasteiger partial charge is 0.186 e. The van der Waals surface area contributed by atoms with E-state index < -0.39 is 0 Å². The van der Waals surface area contributed by atoms with E-state index in [1.165, 1.54) is 11.3 Å². The van der Waals surface area contributed by atoms with Crippen LogP contribution in [-0.4, -0.2) is 28.1 Å². The van der Waals surface area contributed by atoms with Crippen molar-refractivity contribution in [2.45, 2.75) is 19.9 Å². The number of carbonyl (C=O) groups is 1. The standard InChI is InChI=1S/C12H16N4OS/c1-4-10-11(8-17)18-12(14-10)15(2)6-9-5-13-16(3)7-9/h5,7-8H,4,6H2,1-3H3. The van der Waals surface area contributed by atoms with Crippen LogP contribution in [0.4, 0.5) is 5.13 Å². The van der Waals surface area contributed by atoms with Gasteiger partial charge in [0.25, 0.3) is 0 Å². The number of aldehydes is 1. The van der Waals surface area contributed by atoms with Gasteiger partial charge in [0.2, 0.25) is 0 Å². The van der Waals surface area contributed by atoms with Crippen LogP contribution in [0.1, 0.15) is 27.9 Å². The van der Waals surface area contributed by atoms with E-state index >= 15 is 0 Å². The van der Waals surface area contributed by atoms with Crippen LogP contribution < -0.4 is 4.90 Å². The van der Waals surface area contributed by atoms with Gasteiger partial charge in [0.15, 0.2) is 11.4 Å². The number of hydrogen-bond acceptors (Lipinski definition) is 5. The van der Waals surface area contributed by atoms with E-state index in [9.17, 15) is 4.79 Å². The summed E-state index contributed by atoms with van der Waals surface area (Å²) in [7, 11) is 3.87. The summed E-state index contributed by atoms with van der Waals surface area (Å²) in [5, 5.41) is 5.01. The number of rotatable bonds is 5. The monoisotopic (exact) mass is 264 g/mol. The minimum atomic E-state index is 0.727. The van der Waals surface area contributed by atoms with Crippen LogP contribution in [0, 0.1) is 0 Å². The van der Waals surface area contributed by atoms with E-state index in [1.54, 1.807) is 4.68 Å². The van der Waals surface area contributed by atoms with Crippen molar-refractivity contribution >= 4 is 22.8 Å². The Balaban J connectivity index is 2.15. The van der Waals surface area contributed by atoms with Crippen LogP contribution in [0.3, 0.4) is 0 Å². The summed E-state index contributed by atoms with van der Waals surface area (Å²) in [4.78, 5) is 18.2. The van der Waals surface area contributed by atoms with Crippen LogP contribution in [0.25, 0.3) is 0 Å². The molecule has 0 radical (unpaired) electrons. The molecule has 0 saturated carbocycles. The average Bonchev–Trinajstić information content (AvgIpc) is 2.95. The molecule has 0 spiro atoms. The van der Waals surface area contributed by atoms with Crippen molar-refractivity contribution in [2.75, 3.05) is 11.9 Å². The molecule has 0 atom stereocenters.